The summed E-state index contributed by atoms with van der Waals surface area (Å²) in [6.45, 7) is 10.4. The van der Waals surface area contributed by atoms with Gasteiger partial charge in [-0.3, -0.25) is 4.90 Å². The summed E-state index contributed by atoms with van der Waals surface area (Å²) in [5.74, 6) is 0. The van der Waals surface area contributed by atoms with Gasteiger partial charge >= 0.3 is 6.09 Å². The third kappa shape index (κ3) is 3.85. The smallest absolute Gasteiger partial charge is 0.410 e. The number of amides is 1. The van der Waals surface area contributed by atoms with Gasteiger partial charge in [0.05, 0.1) is 0 Å². The van der Waals surface area contributed by atoms with Crippen LogP contribution in [0.15, 0.2) is 0 Å². The second kappa shape index (κ2) is 5.90. The summed E-state index contributed by atoms with van der Waals surface area (Å²) in [6.07, 6.45) is 1.97. The van der Waals surface area contributed by atoms with E-state index < -0.39 is 5.60 Å². The molecule has 1 saturated carbocycles. The Bertz CT molecular complexity index is 340. The molecule has 0 unspecified atom stereocenters. The Hall–Kier alpha value is -0.810. The standard InChI is InChI=1S/C15H29N3O2/c1-15(2,3)20-14(19)17(5)12-10-13(11-12)18-8-6-16(4)7-9-18/h12-13H,6-11H2,1-5H3/t12-,13-. The predicted molar refractivity (Wildman–Crippen MR) is 79.9 cm³/mol. The SMILES string of the molecule is CN1CCN([C@H]2C[C@H](N(C)C(=O)OC(C)(C)C)C2)CC1. The average Bonchev–Trinajstić information content (AvgIpc) is 2.27. The van der Waals surface area contributed by atoms with Gasteiger partial charge < -0.3 is 14.5 Å². The van der Waals surface area contributed by atoms with Gasteiger partial charge in [0.1, 0.15) is 5.60 Å². The number of carbonyl (C=O) groups excluding carboxylic acids is 1. The van der Waals surface area contributed by atoms with E-state index in [0.717, 1.165) is 39.0 Å². The van der Waals surface area contributed by atoms with Crippen LogP contribution < -0.4 is 0 Å². The molecule has 116 valence electrons. The zero-order valence-corrected chi connectivity index (χ0v) is 13.6. The van der Waals surface area contributed by atoms with Gasteiger partial charge in [-0.15, -0.1) is 0 Å². The fourth-order valence-corrected chi connectivity index (χ4v) is 2.84. The Balaban J connectivity index is 1.74. The molecule has 5 nitrogen and oxygen atoms in total. The summed E-state index contributed by atoms with van der Waals surface area (Å²) in [7, 11) is 4.04. The van der Waals surface area contributed by atoms with Crippen LogP contribution in [0, 0.1) is 0 Å². The summed E-state index contributed by atoms with van der Waals surface area (Å²) < 4.78 is 5.42. The molecule has 1 heterocycles. The van der Waals surface area contributed by atoms with E-state index >= 15 is 0 Å². The van der Waals surface area contributed by atoms with Crippen LogP contribution >= 0.6 is 0 Å². The number of nitrogens with zero attached hydrogens (tertiary/aromatic N) is 3. The van der Waals surface area contributed by atoms with E-state index in [4.69, 9.17) is 4.74 Å². The van der Waals surface area contributed by atoms with Gasteiger partial charge in [-0.05, 0) is 40.7 Å². The fourth-order valence-electron chi connectivity index (χ4n) is 2.84. The predicted octanol–water partition coefficient (Wildman–Crippen LogP) is 1.63. The summed E-state index contributed by atoms with van der Waals surface area (Å²) in [5.41, 5.74) is -0.411. The van der Waals surface area contributed by atoms with Crippen molar-refractivity contribution in [3.63, 3.8) is 0 Å². The van der Waals surface area contributed by atoms with E-state index in [2.05, 4.69) is 16.8 Å². The second-order valence-electron chi connectivity index (χ2n) is 7.21. The van der Waals surface area contributed by atoms with Crippen LogP contribution in [-0.2, 0) is 4.74 Å². The molecule has 5 heteroatoms. The molecular weight excluding hydrogens is 254 g/mol. The molecule has 1 aliphatic heterocycles. The molecule has 1 saturated heterocycles. The van der Waals surface area contributed by atoms with Gasteiger partial charge in [0.15, 0.2) is 0 Å². The Morgan fingerprint density at radius 2 is 1.70 bits per heavy atom. The molecule has 1 aliphatic carbocycles. The average molecular weight is 283 g/mol. The first-order chi connectivity index (χ1) is 9.26. The lowest BCUT2D eigenvalue weighted by atomic mass is 9.84. The first-order valence-electron chi connectivity index (χ1n) is 7.64. The van der Waals surface area contributed by atoms with Gasteiger partial charge in [-0.25, -0.2) is 4.79 Å². The Kier molecular flexibility index (Phi) is 4.59. The number of hydrogen-bond acceptors (Lipinski definition) is 4. The minimum Gasteiger partial charge on any atom is -0.444 e. The van der Waals surface area contributed by atoms with Crippen LogP contribution in [0.4, 0.5) is 4.79 Å². The zero-order chi connectivity index (χ0) is 14.9. The van der Waals surface area contributed by atoms with Gasteiger partial charge in [-0.2, -0.15) is 0 Å². The van der Waals surface area contributed by atoms with Crippen molar-refractivity contribution in [3.05, 3.63) is 0 Å². The Morgan fingerprint density at radius 1 is 1.15 bits per heavy atom. The first-order valence-corrected chi connectivity index (χ1v) is 7.64. The molecule has 0 N–H and O–H groups in total. The number of likely N-dealkylation sites (N-methyl/N-ethyl adjacent to an activating group) is 1. The monoisotopic (exact) mass is 283 g/mol. The van der Waals surface area contributed by atoms with E-state index in [-0.39, 0.29) is 6.09 Å². The van der Waals surface area contributed by atoms with Crippen molar-refractivity contribution in [2.24, 2.45) is 0 Å². The van der Waals surface area contributed by atoms with Crippen molar-refractivity contribution in [1.29, 1.82) is 0 Å². The molecule has 0 atom stereocenters. The third-order valence-electron chi connectivity index (χ3n) is 4.37. The molecule has 1 amide bonds. The largest absolute Gasteiger partial charge is 0.444 e. The molecule has 0 spiro atoms. The minimum atomic E-state index is -0.411. The number of carbonyl (C=O) groups is 1. The first kappa shape index (κ1) is 15.6. The highest BCUT2D eigenvalue weighted by Gasteiger charge is 2.39. The lowest BCUT2D eigenvalue weighted by molar-refractivity contribution is -0.0109. The molecule has 2 fully saturated rings. The quantitative estimate of drug-likeness (QED) is 0.772. The van der Waals surface area contributed by atoms with Gasteiger partial charge in [0, 0.05) is 45.3 Å². The lowest BCUT2D eigenvalue weighted by Gasteiger charge is -2.48. The van der Waals surface area contributed by atoms with E-state index in [0.29, 0.717) is 12.1 Å². The van der Waals surface area contributed by atoms with E-state index in [1.807, 2.05) is 27.8 Å². The molecule has 2 rings (SSSR count). The Labute approximate surface area is 122 Å². The number of hydrogen-bond donors (Lipinski definition) is 0. The zero-order valence-electron chi connectivity index (χ0n) is 13.6. The lowest BCUT2D eigenvalue weighted by Crippen LogP contribution is -2.58. The van der Waals surface area contributed by atoms with Gasteiger partial charge in [-0.1, -0.05) is 0 Å². The molecule has 0 bridgehead atoms. The fraction of sp³-hybridized carbons (Fsp3) is 0.933. The normalized spacial score (nSPS) is 28.9. The van der Waals surface area contributed by atoms with Crippen LogP contribution in [0.25, 0.3) is 0 Å². The molecule has 20 heavy (non-hydrogen) atoms. The van der Waals surface area contributed by atoms with Crippen LogP contribution in [0.3, 0.4) is 0 Å². The molecule has 0 aromatic rings. The molecule has 0 aromatic heterocycles. The van der Waals surface area contributed by atoms with Crippen molar-refractivity contribution < 1.29 is 9.53 Å². The van der Waals surface area contributed by atoms with Crippen LogP contribution in [0.5, 0.6) is 0 Å². The van der Waals surface area contributed by atoms with Crippen molar-refractivity contribution in [2.45, 2.75) is 51.3 Å². The minimum absolute atomic E-state index is 0.195. The summed E-state index contributed by atoms with van der Waals surface area (Å²) in [4.78, 5) is 18.7. The van der Waals surface area contributed by atoms with E-state index in [1.54, 1.807) is 4.90 Å². The highest BCUT2D eigenvalue weighted by atomic mass is 16.6. The molecular formula is C15H29N3O2. The van der Waals surface area contributed by atoms with Crippen LogP contribution in [0.1, 0.15) is 33.6 Å². The van der Waals surface area contributed by atoms with E-state index in [9.17, 15) is 4.79 Å². The maximum Gasteiger partial charge on any atom is 0.410 e. The molecule has 2 aliphatic rings. The summed E-state index contributed by atoms with van der Waals surface area (Å²) in [6, 6.07) is 0.994. The maximum atomic E-state index is 12.0. The molecule has 0 radical (unpaired) electrons. The van der Waals surface area contributed by atoms with Crippen LogP contribution in [-0.4, -0.2) is 78.8 Å². The van der Waals surface area contributed by atoms with Crippen LogP contribution in [0.2, 0.25) is 0 Å². The number of piperazine rings is 1. The highest BCUT2D eigenvalue weighted by Crippen LogP contribution is 2.30. The summed E-state index contributed by atoms with van der Waals surface area (Å²) in [5, 5.41) is 0. The second-order valence-corrected chi connectivity index (χ2v) is 7.21. The molecule has 0 aromatic carbocycles. The van der Waals surface area contributed by atoms with Crippen molar-refractivity contribution in [2.75, 3.05) is 40.3 Å². The third-order valence-corrected chi connectivity index (χ3v) is 4.37. The van der Waals surface area contributed by atoms with Gasteiger partial charge in [0.25, 0.3) is 0 Å². The van der Waals surface area contributed by atoms with Crippen molar-refractivity contribution >= 4 is 6.09 Å². The van der Waals surface area contributed by atoms with Crippen molar-refractivity contribution in [1.82, 2.24) is 14.7 Å². The van der Waals surface area contributed by atoms with E-state index in [1.165, 1.54) is 0 Å². The maximum absolute atomic E-state index is 12.0. The Morgan fingerprint density at radius 3 is 2.20 bits per heavy atom. The number of ether oxygens (including phenoxy) is 1. The van der Waals surface area contributed by atoms with Gasteiger partial charge in [0.2, 0.25) is 0 Å². The highest BCUT2D eigenvalue weighted by molar-refractivity contribution is 5.68. The topological polar surface area (TPSA) is 36.0 Å². The summed E-state index contributed by atoms with van der Waals surface area (Å²) >= 11 is 0. The van der Waals surface area contributed by atoms with Crippen molar-refractivity contribution in [3.8, 4) is 0 Å². The number of rotatable bonds is 2.